The van der Waals surface area contributed by atoms with Crippen molar-refractivity contribution in [3.63, 3.8) is 0 Å². The second-order valence-corrected chi connectivity index (χ2v) is 9.76. The molecule has 0 bridgehead atoms. The Morgan fingerprint density at radius 2 is 1.85 bits per heavy atom. The Hall–Kier alpha value is -2.93. The maximum absolute atomic E-state index is 14.4. The van der Waals surface area contributed by atoms with Gasteiger partial charge >= 0.3 is 0 Å². The summed E-state index contributed by atoms with van der Waals surface area (Å²) in [5.74, 6) is 2.20. The summed E-state index contributed by atoms with van der Waals surface area (Å²) in [6.07, 6.45) is 4.03. The minimum Gasteiger partial charge on any atom is -0.352 e. The van der Waals surface area contributed by atoms with Crippen LogP contribution in [-0.4, -0.2) is 53.2 Å². The van der Waals surface area contributed by atoms with Crippen molar-refractivity contribution in [2.75, 3.05) is 40.9 Å². The first-order valence-electron chi connectivity index (χ1n) is 11.9. The van der Waals surface area contributed by atoms with E-state index in [0.717, 1.165) is 67.9 Å². The van der Waals surface area contributed by atoms with Gasteiger partial charge in [0.1, 0.15) is 17.5 Å². The van der Waals surface area contributed by atoms with Crippen LogP contribution in [0.3, 0.4) is 0 Å². The number of halogens is 2. The van der Waals surface area contributed by atoms with E-state index >= 15 is 0 Å². The quantitative estimate of drug-likeness (QED) is 0.502. The van der Waals surface area contributed by atoms with Crippen LogP contribution in [0.15, 0.2) is 42.6 Å². The van der Waals surface area contributed by atoms with Crippen LogP contribution >= 0.6 is 11.6 Å². The summed E-state index contributed by atoms with van der Waals surface area (Å²) in [6, 6.07) is 11.6. The van der Waals surface area contributed by atoms with Gasteiger partial charge in [0, 0.05) is 56.1 Å². The van der Waals surface area contributed by atoms with Crippen LogP contribution in [0.2, 0.25) is 5.02 Å². The Morgan fingerprint density at radius 1 is 1.00 bits per heavy atom. The van der Waals surface area contributed by atoms with Crippen molar-refractivity contribution < 1.29 is 4.39 Å². The normalized spacial score (nSPS) is 20.8. The molecule has 2 fully saturated rings. The fourth-order valence-electron chi connectivity index (χ4n) is 4.93. The van der Waals surface area contributed by atoms with Crippen molar-refractivity contribution in [3.8, 4) is 11.3 Å². The first-order valence-corrected chi connectivity index (χ1v) is 12.3. The van der Waals surface area contributed by atoms with E-state index in [-0.39, 0.29) is 11.9 Å². The molecule has 0 spiro atoms. The molecule has 0 radical (unpaired) electrons. The lowest BCUT2D eigenvalue weighted by Gasteiger charge is -2.41. The summed E-state index contributed by atoms with van der Waals surface area (Å²) in [7, 11) is 0. The minimum atomic E-state index is -0.219. The van der Waals surface area contributed by atoms with E-state index in [1.165, 1.54) is 0 Å². The first kappa shape index (κ1) is 22.8. The fraction of sp³-hybridized carbons (Fsp3) is 0.423. The SMILES string of the molecule is Cc1ccc(-c2cc(N3CCN(c4ncccc4Cl)C[C@H]3C)nc(N3CCC[C@@H]3C)n2)cc1F. The number of piperazine rings is 1. The molecule has 2 aliphatic heterocycles. The highest BCUT2D eigenvalue weighted by atomic mass is 35.5. The number of anilines is 3. The standard InChI is InChI=1S/C26H30ClFN6/c1-17-8-9-20(14-22(17)28)23-15-24(31-26(30-23)34-11-5-6-18(34)2)33-13-12-32(16-19(33)3)25-21(27)7-4-10-29-25/h4,7-10,14-15,18-19H,5-6,11-13,16H2,1-3H3/t18-,19+/m0/s1. The van der Waals surface area contributed by atoms with Crippen molar-refractivity contribution in [2.24, 2.45) is 0 Å². The molecule has 2 atom stereocenters. The topological polar surface area (TPSA) is 48.4 Å². The van der Waals surface area contributed by atoms with Gasteiger partial charge in [-0.2, -0.15) is 4.98 Å². The second-order valence-electron chi connectivity index (χ2n) is 9.36. The van der Waals surface area contributed by atoms with Gasteiger partial charge in [0.25, 0.3) is 0 Å². The average Bonchev–Trinajstić information content (AvgIpc) is 3.26. The van der Waals surface area contributed by atoms with E-state index in [1.807, 2.05) is 30.3 Å². The summed E-state index contributed by atoms with van der Waals surface area (Å²) < 4.78 is 14.4. The molecule has 0 amide bonds. The molecule has 34 heavy (non-hydrogen) atoms. The van der Waals surface area contributed by atoms with E-state index < -0.39 is 0 Å². The summed E-state index contributed by atoms with van der Waals surface area (Å²) in [4.78, 5) is 21.2. The number of nitrogens with zero attached hydrogens (tertiary/aromatic N) is 6. The molecular formula is C26H30ClFN6. The molecule has 5 rings (SSSR count). The number of hydrogen-bond acceptors (Lipinski definition) is 6. The molecule has 0 unspecified atom stereocenters. The van der Waals surface area contributed by atoms with Crippen LogP contribution in [-0.2, 0) is 0 Å². The molecule has 4 heterocycles. The van der Waals surface area contributed by atoms with Gasteiger partial charge in [0.15, 0.2) is 0 Å². The number of benzene rings is 1. The molecule has 8 heteroatoms. The van der Waals surface area contributed by atoms with Gasteiger partial charge in [0.05, 0.1) is 10.7 Å². The molecule has 2 saturated heterocycles. The third kappa shape index (κ3) is 4.41. The lowest BCUT2D eigenvalue weighted by atomic mass is 10.1. The van der Waals surface area contributed by atoms with Gasteiger partial charge in [-0.05, 0) is 57.4 Å². The van der Waals surface area contributed by atoms with E-state index in [4.69, 9.17) is 21.6 Å². The Balaban J connectivity index is 1.49. The zero-order chi connectivity index (χ0) is 23.8. The molecule has 2 aliphatic rings. The minimum absolute atomic E-state index is 0.188. The van der Waals surface area contributed by atoms with Crippen LogP contribution < -0.4 is 14.7 Å². The molecule has 0 N–H and O–H groups in total. The van der Waals surface area contributed by atoms with E-state index in [1.54, 1.807) is 19.2 Å². The van der Waals surface area contributed by atoms with Crippen molar-refractivity contribution in [3.05, 3.63) is 59.0 Å². The average molecular weight is 481 g/mol. The Labute approximate surface area is 205 Å². The lowest BCUT2D eigenvalue weighted by Crippen LogP contribution is -2.52. The second kappa shape index (κ2) is 9.37. The Bertz CT molecular complexity index is 1190. The number of aromatic nitrogens is 3. The molecule has 2 aromatic heterocycles. The summed E-state index contributed by atoms with van der Waals surface area (Å²) in [6.45, 7) is 9.47. The van der Waals surface area contributed by atoms with Gasteiger partial charge in [-0.1, -0.05) is 23.7 Å². The number of hydrogen-bond donors (Lipinski definition) is 0. The molecule has 6 nitrogen and oxygen atoms in total. The Morgan fingerprint density at radius 3 is 2.56 bits per heavy atom. The smallest absolute Gasteiger partial charge is 0.228 e. The molecular weight excluding hydrogens is 451 g/mol. The van der Waals surface area contributed by atoms with Crippen LogP contribution in [0, 0.1) is 12.7 Å². The predicted molar refractivity (Wildman–Crippen MR) is 136 cm³/mol. The first-order chi connectivity index (χ1) is 16.4. The maximum Gasteiger partial charge on any atom is 0.228 e. The third-order valence-corrected chi connectivity index (χ3v) is 7.23. The van der Waals surface area contributed by atoms with Gasteiger partial charge in [-0.25, -0.2) is 14.4 Å². The summed E-state index contributed by atoms with van der Waals surface area (Å²) >= 11 is 6.40. The maximum atomic E-state index is 14.4. The van der Waals surface area contributed by atoms with Crippen molar-refractivity contribution >= 4 is 29.2 Å². The molecule has 3 aromatic rings. The molecule has 0 aliphatic carbocycles. The zero-order valence-electron chi connectivity index (χ0n) is 19.9. The lowest BCUT2D eigenvalue weighted by molar-refractivity contribution is 0.542. The van der Waals surface area contributed by atoms with Crippen molar-refractivity contribution in [1.29, 1.82) is 0 Å². The van der Waals surface area contributed by atoms with Crippen LogP contribution in [0.1, 0.15) is 32.3 Å². The van der Waals surface area contributed by atoms with Crippen molar-refractivity contribution in [2.45, 2.75) is 45.7 Å². The number of aryl methyl sites for hydroxylation is 1. The third-order valence-electron chi connectivity index (χ3n) is 6.94. The van der Waals surface area contributed by atoms with E-state index in [2.05, 4.69) is 33.5 Å². The van der Waals surface area contributed by atoms with Crippen molar-refractivity contribution in [1.82, 2.24) is 15.0 Å². The van der Waals surface area contributed by atoms with Gasteiger partial charge in [0.2, 0.25) is 5.95 Å². The summed E-state index contributed by atoms with van der Waals surface area (Å²) in [5, 5.41) is 0.666. The highest BCUT2D eigenvalue weighted by Crippen LogP contribution is 2.32. The van der Waals surface area contributed by atoms with Crippen LogP contribution in [0.25, 0.3) is 11.3 Å². The van der Waals surface area contributed by atoms with Gasteiger partial charge in [-0.15, -0.1) is 0 Å². The van der Waals surface area contributed by atoms with Crippen LogP contribution in [0.5, 0.6) is 0 Å². The van der Waals surface area contributed by atoms with Gasteiger partial charge < -0.3 is 14.7 Å². The van der Waals surface area contributed by atoms with Gasteiger partial charge in [-0.3, -0.25) is 0 Å². The molecule has 0 saturated carbocycles. The Kier molecular flexibility index (Phi) is 6.30. The molecule has 1 aromatic carbocycles. The molecule has 178 valence electrons. The summed E-state index contributed by atoms with van der Waals surface area (Å²) in [5.41, 5.74) is 2.15. The largest absolute Gasteiger partial charge is 0.352 e. The van der Waals surface area contributed by atoms with E-state index in [0.29, 0.717) is 16.6 Å². The highest BCUT2D eigenvalue weighted by Gasteiger charge is 2.29. The van der Waals surface area contributed by atoms with Crippen LogP contribution in [0.4, 0.5) is 22.0 Å². The number of rotatable bonds is 4. The monoisotopic (exact) mass is 480 g/mol. The predicted octanol–water partition coefficient (Wildman–Crippen LogP) is 5.34. The number of pyridine rings is 1. The van der Waals surface area contributed by atoms with E-state index in [9.17, 15) is 4.39 Å². The highest BCUT2D eigenvalue weighted by molar-refractivity contribution is 6.32. The fourth-order valence-corrected chi connectivity index (χ4v) is 5.17. The zero-order valence-corrected chi connectivity index (χ0v) is 20.6.